The fraction of sp³-hybridized carbons (Fsp3) is 0.625. The van der Waals surface area contributed by atoms with Gasteiger partial charge in [-0.15, -0.1) is 0 Å². The summed E-state index contributed by atoms with van der Waals surface area (Å²) >= 11 is 0. The summed E-state index contributed by atoms with van der Waals surface area (Å²) in [5.41, 5.74) is 1.19. The maximum Gasteiger partial charge on any atom is 0.0581 e. The summed E-state index contributed by atoms with van der Waals surface area (Å²) < 4.78 is 1.95. The van der Waals surface area contributed by atoms with Crippen LogP contribution in [0.1, 0.15) is 24.4 Å². The van der Waals surface area contributed by atoms with Gasteiger partial charge in [-0.1, -0.05) is 0 Å². The summed E-state index contributed by atoms with van der Waals surface area (Å²) in [7, 11) is 0. The summed E-state index contributed by atoms with van der Waals surface area (Å²) in [6.07, 6.45) is 5.51. The first-order valence-corrected chi connectivity index (χ1v) is 3.94. The summed E-state index contributed by atoms with van der Waals surface area (Å²) in [5.74, 6) is 0. The maximum atomic E-state index is 9.05. The van der Waals surface area contributed by atoms with Crippen LogP contribution in [0.25, 0.3) is 0 Å². The van der Waals surface area contributed by atoms with Crippen molar-refractivity contribution in [2.24, 2.45) is 0 Å². The lowest BCUT2D eigenvalue weighted by Gasteiger charge is -2.31. The molecule has 1 aliphatic carbocycles. The monoisotopic (exact) mass is 152 g/mol. The highest BCUT2D eigenvalue weighted by molar-refractivity contribution is 5.01. The van der Waals surface area contributed by atoms with Gasteiger partial charge in [0.15, 0.2) is 0 Å². The van der Waals surface area contributed by atoms with Crippen LogP contribution in [-0.4, -0.2) is 21.0 Å². The number of aromatic nitrogens is 2. The molecule has 0 amide bonds. The van der Waals surface area contributed by atoms with Crippen molar-refractivity contribution in [2.75, 3.05) is 0 Å². The molecule has 1 saturated carbocycles. The van der Waals surface area contributed by atoms with Gasteiger partial charge in [0.05, 0.1) is 18.3 Å². The molecule has 2 rings (SSSR count). The van der Waals surface area contributed by atoms with Crippen molar-refractivity contribution in [3.05, 3.63) is 18.0 Å². The molecular formula is C8H12N2O. The third-order valence-corrected chi connectivity index (χ3v) is 2.19. The first kappa shape index (κ1) is 6.85. The molecule has 0 spiro atoms. The van der Waals surface area contributed by atoms with Crippen LogP contribution in [0.4, 0.5) is 0 Å². The molecule has 0 unspecified atom stereocenters. The predicted octanol–water partition coefficient (Wildman–Crippen LogP) is 0.887. The van der Waals surface area contributed by atoms with E-state index in [-0.39, 0.29) is 6.10 Å². The van der Waals surface area contributed by atoms with Crippen LogP contribution in [-0.2, 0) is 0 Å². The first-order chi connectivity index (χ1) is 5.25. The van der Waals surface area contributed by atoms with E-state index < -0.39 is 0 Å². The number of aliphatic hydroxyl groups is 1. The van der Waals surface area contributed by atoms with Gasteiger partial charge in [0.1, 0.15) is 0 Å². The molecule has 0 radical (unpaired) electrons. The zero-order chi connectivity index (χ0) is 7.84. The average Bonchev–Trinajstić information content (AvgIpc) is 2.29. The molecule has 0 saturated heterocycles. The van der Waals surface area contributed by atoms with E-state index in [2.05, 4.69) is 5.10 Å². The lowest BCUT2D eigenvalue weighted by atomic mass is 9.90. The summed E-state index contributed by atoms with van der Waals surface area (Å²) in [5, 5.41) is 13.2. The van der Waals surface area contributed by atoms with Gasteiger partial charge in [-0.3, -0.25) is 4.68 Å². The molecule has 1 aromatic rings. The first-order valence-electron chi connectivity index (χ1n) is 3.94. The van der Waals surface area contributed by atoms with Gasteiger partial charge in [0.2, 0.25) is 0 Å². The maximum absolute atomic E-state index is 9.05. The minimum absolute atomic E-state index is 0.0930. The number of aryl methyl sites for hydroxylation is 1. The Kier molecular flexibility index (Phi) is 1.46. The van der Waals surface area contributed by atoms with Crippen LogP contribution in [0.2, 0.25) is 0 Å². The van der Waals surface area contributed by atoms with Crippen molar-refractivity contribution >= 4 is 0 Å². The Morgan fingerprint density at radius 3 is 2.82 bits per heavy atom. The Morgan fingerprint density at radius 1 is 1.64 bits per heavy atom. The van der Waals surface area contributed by atoms with Gasteiger partial charge in [0.25, 0.3) is 0 Å². The molecule has 1 fully saturated rings. The molecular weight excluding hydrogens is 140 g/mol. The van der Waals surface area contributed by atoms with Crippen LogP contribution in [0.3, 0.4) is 0 Å². The van der Waals surface area contributed by atoms with Gasteiger partial charge >= 0.3 is 0 Å². The standard InChI is InChI=1S/C8H12N2O/c1-6-4-9-10(5-6)7-2-8(11)3-7/h4-5,7-8,11H,2-3H2,1H3/t7-,8+. The van der Waals surface area contributed by atoms with E-state index in [0.717, 1.165) is 12.8 Å². The summed E-state index contributed by atoms with van der Waals surface area (Å²) in [6, 6.07) is 0.443. The Balaban J connectivity index is 2.07. The smallest absolute Gasteiger partial charge is 0.0581 e. The highest BCUT2D eigenvalue weighted by Gasteiger charge is 2.28. The van der Waals surface area contributed by atoms with Crippen molar-refractivity contribution in [3.8, 4) is 0 Å². The molecule has 0 atom stereocenters. The van der Waals surface area contributed by atoms with Crippen LogP contribution in [0.15, 0.2) is 12.4 Å². The Hall–Kier alpha value is -0.830. The topological polar surface area (TPSA) is 38.0 Å². The van der Waals surface area contributed by atoms with Crippen LogP contribution in [0.5, 0.6) is 0 Å². The molecule has 60 valence electrons. The van der Waals surface area contributed by atoms with Gasteiger partial charge < -0.3 is 5.11 Å². The molecule has 0 aliphatic heterocycles. The molecule has 1 heterocycles. The van der Waals surface area contributed by atoms with E-state index in [0.29, 0.717) is 6.04 Å². The molecule has 1 aromatic heterocycles. The summed E-state index contributed by atoms with van der Waals surface area (Å²) in [4.78, 5) is 0. The van der Waals surface area contributed by atoms with Crippen molar-refractivity contribution in [1.82, 2.24) is 9.78 Å². The fourth-order valence-corrected chi connectivity index (χ4v) is 1.41. The SMILES string of the molecule is Cc1cnn([C@H]2C[C@@H](O)C2)c1. The van der Waals surface area contributed by atoms with Gasteiger partial charge in [0, 0.05) is 6.20 Å². The minimum Gasteiger partial charge on any atom is -0.393 e. The van der Waals surface area contributed by atoms with Crippen molar-refractivity contribution in [2.45, 2.75) is 31.9 Å². The van der Waals surface area contributed by atoms with Gasteiger partial charge in [-0.2, -0.15) is 5.10 Å². The van der Waals surface area contributed by atoms with Crippen molar-refractivity contribution < 1.29 is 5.11 Å². The molecule has 0 aromatic carbocycles. The number of rotatable bonds is 1. The molecule has 1 N–H and O–H groups in total. The van der Waals surface area contributed by atoms with E-state index >= 15 is 0 Å². The fourth-order valence-electron chi connectivity index (χ4n) is 1.41. The van der Waals surface area contributed by atoms with E-state index in [1.165, 1.54) is 5.56 Å². The predicted molar refractivity (Wildman–Crippen MR) is 41.2 cm³/mol. The highest BCUT2D eigenvalue weighted by Crippen LogP contribution is 2.31. The van der Waals surface area contributed by atoms with Gasteiger partial charge in [-0.25, -0.2) is 0 Å². The lowest BCUT2D eigenvalue weighted by molar-refractivity contribution is 0.0434. The number of nitrogens with zero attached hydrogens (tertiary/aromatic N) is 2. The van der Waals surface area contributed by atoms with Crippen LogP contribution in [0, 0.1) is 6.92 Å². The number of aliphatic hydroxyl groups excluding tert-OH is 1. The Bertz CT molecular complexity index is 250. The Labute approximate surface area is 65.7 Å². The second-order valence-corrected chi connectivity index (χ2v) is 3.28. The molecule has 11 heavy (non-hydrogen) atoms. The molecule has 3 nitrogen and oxygen atoms in total. The lowest BCUT2D eigenvalue weighted by Crippen LogP contribution is -2.30. The van der Waals surface area contributed by atoms with E-state index in [1.807, 2.05) is 24.0 Å². The largest absolute Gasteiger partial charge is 0.393 e. The average molecular weight is 152 g/mol. The summed E-state index contributed by atoms with van der Waals surface area (Å²) in [6.45, 7) is 2.03. The quantitative estimate of drug-likeness (QED) is 0.649. The minimum atomic E-state index is -0.0930. The molecule has 1 aliphatic rings. The highest BCUT2D eigenvalue weighted by atomic mass is 16.3. The zero-order valence-corrected chi connectivity index (χ0v) is 6.57. The van der Waals surface area contributed by atoms with Crippen LogP contribution < -0.4 is 0 Å². The third kappa shape index (κ3) is 1.16. The van der Waals surface area contributed by atoms with E-state index in [4.69, 9.17) is 5.11 Å². The van der Waals surface area contributed by atoms with E-state index in [9.17, 15) is 0 Å². The molecule has 0 bridgehead atoms. The Morgan fingerprint density at radius 2 is 2.36 bits per heavy atom. The zero-order valence-electron chi connectivity index (χ0n) is 6.57. The van der Waals surface area contributed by atoms with Gasteiger partial charge in [-0.05, 0) is 25.3 Å². The van der Waals surface area contributed by atoms with Crippen molar-refractivity contribution in [3.63, 3.8) is 0 Å². The van der Waals surface area contributed by atoms with Crippen LogP contribution >= 0.6 is 0 Å². The van der Waals surface area contributed by atoms with Crippen molar-refractivity contribution in [1.29, 1.82) is 0 Å². The number of hydrogen-bond acceptors (Lipinski definition) is 2. The normalized spacial score (nSPS) is 30.0. The second-order valence-electron chi connectivity index (χ2n) is 3.28. The second kappa shape index (κ2) is 2.34. The van der Waals surface area contributed by atoms with E-state index in [1.54, 1.807) is 0 Å². The number of hydrogen-bond donors (Lipinski definition) is 1. The molecule has 3 heteroatoms. The third-order valence-electron chi connectivity index (χ3n) is 2.19.